The minimum absolute atomic E-state index is 0.0949. The average Bonchev–Trinajstić information content (AvgIpc) is 2.38. The van der Waals surface area contributed by atoms with E-state index >= 15 is 0 Å². The van der Waals surface area contributed by atoms with E-state index < -0.39 is 0 Å². The second-order valence-corrected chi connectivity index (χ2v) is 5.47. The van der Waals surface area contributed by atoms with Gasteiger partial charge in [-0.25, -0.2) is 0 Å². The number of nitrogens with one attached hydrogen (secondary N) is 1. The van der Waals surface area contributed by atoms with Gasteiger partial charge in [0, 0.05) is 16.7 Å². The lowest BCUT2D eigenvalue weighted by molar-refractivity contribution is -0.117. The van der Waals surface area contributed by atoms with Gasteiger partial charge < -0.3 is 5.32 Å². The van der Waals surface area contributed by atoms with Gasteiger partial charge in [-0.2, -0.15) is 0 Å². The van der Waals surface area contributed by atoms with Crippen LogP contribution in [0.1, 0.15) is 24.5 Å². The molecule has 0 saturated heterocycles. The van der Waals surface area contributed by atoms with Crippen molar-refractivity contribution in [2.45, 2.75) is 38.1 Å². The zero-order valence-corrected chi connectivity index (χ0v) is 12.1. The van der Waals surface area contributed by atoms with Crippen molar-refractivity contribution in [3.63, 3.8) is 0 Å². The van der Waals surface area contributed by atoms with Crippen molar-refractivity contribution in [2.75, 3.05) is 5.75 Å². The lowest BCUT2D eigenvalue weighted by Gasteiger charge is -2.15. The normalized spacial score (nSPS) is 11.9. The van der Waals surface area contributed by atoms with Gasteiger partial charge in [-0.15, -0.1) is 11.8 Å². The van der Waals surface area contributed by atoms with E-state index in [2.05, 4.69) is 50.9 Å². The van der Waals surface area contributed by atoms with Crippen LogP contribution in [-0.4, -0.2) is 17.7 Å². The summed E-state index contributed by atoms with van der Waals surface area (Å²) in [5.41, 5.74) is 2.62. The molecule has 1 unspecified atom stereocenters. The van der Waals surface area contributed by atoms with E-state index in [4.69, 9.17) is 0 Å². The fourth-order valence-electron chi connectivity index (χ4n) is 1.52. The Bertz CT molecular complexity index is 429. The van der Waals surface area contributed by atoms with Crippen LogP contribution >= 0.6 is 11.8 Å². The van der Waals surface area contributed by atoms with Gasteiger partial charge in [0.05, 0.1) is 0 Å². The highest BCUT2D eigenvalue weighted by Crippen LogP contribution is 2.22. The van der Waals surface area contributed by atoms with Gasteiger partial charge in [0.1, 0.15) is 0 Å². The van der Waals surface area contributed by atoms with Crippen LogP contribution in [0.15, 0.2) is 35.7 Å². The molecular formula is C15H21NOS. The third-order valence-electron chi connectivity index (χ3n) is 2.95. The third kappa shape index (κ3) is 4.57. The SMILES string of the molecule is C=CC(=O)NC(CC)CSc1ccc(C)c(C)c1. The van der Waals surface area contributed by atoms with Crippen molar-refractivity contribution in [3.05, 3.63) is 42.0 Å². The Morgan fingerprint density at radius 3 is 2.72 bits per heavy atom. The highest BCUT2D eigenvalue weighted by Gasteiger charge is 2.09. The third-order valence-corrected chi connectivity index (χ3v) is 4.11. The summed E-state index contributed by atoms with van der Waals surface area (Å²) in [5, 5.41) is 2.93. The summed E-state index contributed by atoms with van der Waals surface area (Å²) in [6.45, 7) is 9.78. The highest BCUT2D eigenvalue weighted by atomic mass is 32.2. The topological polar surface area (TPSA) is 29.1 Å². The summed E-state index contributed by atoms with van der Waals surface area (Å²) < 4.78 is 0. The van der Waals surface area contributed by atoms with Crippen LogP contribution in [-0.2, 0) is 4.79 Å². The summed E-state index contributed by atoms with van der Waals surface area (Å²) >= 11 is 1.78. The van der Waals surface area contributed by atoms with Gasteiger partial charge >= 0.3 is 0 Å². The molecule has 1 N–H and O–H groups in total. The summed E-state index contributed by atoms with van der Waals surface area (Å²) in [6, 6.07) is 6.67. The summed E-state index contributed by atoms with van der Waals surface area (Å²) in [7, 11) is 0. The molecule has 0 aliphatic rings. The lowest BCUT2D eigenvalue weighted by atomic mass is 10.1. The average molecular weight is 263 g/mol. The van der Waals surface area contributed by atoms with Gasteiger partial charge in [-0.3, -0.25) is 4.79 Å². The maximum Gasteiger partial charge on any atom is 0.243 e. The Hall–Kier alpha value is -1.22. The summed E-state index contributed by atoms with van der Waals surface area (Å²) in [5.74, 6) is 0.793. The van der Waals surface area contributed by atoms with E-state index in [1.54, 1.807) is 11.8 Å². The predicted octanol–water partition coefficient (Wildman–Crippen LogP) is 3.48. The second-order valence-electron chi connectivity index (χ2n) is 4.37. The van der Waals surface area contributed by atoms with Crippen molar-refractivity contribution in [1.82, 2.24) is 5.32 Å². The molecule has 2 nitrogen and oxygen atoms in total. The first-order valence-corrected chi connectivity index (χ1v) is 7.18. The fourth-order valence-corrected chi connectivity index (χ4v) is 2.66. The van der Waals surface area contributed by atoms with Gasteiger partial charge in [-0.05, 0) is 49.6 Å². The molecule has 0 spiro atoms. The molecule has 1 aromatic rings. The fraction of sp³-hybridized carbons (Fsp3) is 0.400. The number of thioether (sulfide) groups is 1. The molecule has 0 aliphatic carbocycles. The molecule has 0 aromatic heterocycles. The van der Waals surface area contributed by atoms with E-state index in [1.165, 1.54) is 22.1 Å². The van der Waals surface area contributed by atoms with Gasteiger partial charge in [0.25, 0.3) is 0 Å². The molecule has 0 aliphatic heterocycles. The van der Waals surface area contributed by atoms with Crippen molar-refractivity contribution in [1.29, 1.82) is 0 Å². The standard InChI is InChI=1S/C15H21NOS/c1-5-13(16-15(17)6-2)10-18-14-8-7-11(3)12(4)9-14/h6-9,13H,2,5,10H2,1,3-4H3,(H,16,17). The number of hydrogen-bond acceptors (Lipinski definition) is 2. The first-order chi connectivity index (χ1) is 8.56. The van der Waals surface area contributed by atoms with Crippen LogP contribution in [0.5, 0.6) is 0 Å². The second kappa shape index (κ2) is 7.27. The highest BCUT2D eigenvalue weighted by molar-refractivity contribution is 7.99. The van der Waals surface area contributed by atoms with Crippen molar-refractivity contribution in [2.24, 2.45) is 0 Å². The molecule has 1 atom stereocenters. The zero-order valence-electron chi connectivity index (χ0n) is 11.3. The largest absolute Gasteiger partial charge is 0.349 e. The van der Waals surface area contributed by atoms with Crippen molar-refractivity contribution in [3.8, 4) is 0 Å². The number of carbonyl (C=O) groups is 1. The minimum Gasteiger partial charge on any atom is -0.349 e. The molecule has 0 bridgehead atoms. The molecule has 0 saturated carbocycles. The smallest absolute Gasteiger partial charge is 0.243 e. The monoisotopic (exact) mass is 263 g/mol. The Balaban J connectivity index is 2.54. The van der Waals surface area contributed by atoms with Crippen LogP contribution in [0, 0.1) is 13.8 Å². The molecule has 0 fully saturated rings. The molecule has 1 aromatic carbocycles. The maximum atomic E-state index is 11.3. The van der Waals surface area contributed by atoms with Crippen molar-refractivity contribution >= 4 is 17.7 Å². The number of hydrogen-bond donors (Lipinski definition) is 1. The molecule has 1 amide bonds. The van der Waals surface area contributed by atoms with E-state index in [1.807, 2.05) is 0 Å². The Labute approximate surface area is 114 Å². The molecule has 1 rings (SSSR count). The first kappa shape index (κ1) is 14.8. The van der Waals surface area contributed by atoms with E-state index in [0.29, 0.717) is 0 Å². The molecule has 98 valence electrons. The Morgan fingerprint density at radius 1 is 1.44 bits per heavy atom. The number of amides is 1. The Morgan fingerprint density at radius 2 is 2.17 bits per heavy atom. The number of carbonyl (C=O) groups excluding carboxylic acids is 1. The first-order valence-electron chi connectivity index (χ1n) is 6.19. The van der Waals surface area contributed by atoms with E-state index in [-0.39, 0.29) is 11.9 Å². The number of rotatable bonds is 6. The van der Waals surface area contributed by atoms with Crippen LogP contribution in [0.3, 0.4) is 0 Å². The molecular weight excluding hydrogens is 242 g/mol. The lowest BCUT2D eigenvalue weighted by Crippen LogP contribution is -2.34. The zero-order chi connectivity index (χ0) is 13.5. The van der Waals surface area contributed by atoms with E-state index in [9.17, 15) is 4.79 Å². The maximum absolute atomic E-state index is 11.3. The molecule has 3 heteroatoms. The number of benzene rings is 1. The minimum atomic E-state index is -0.0949. The molecule has 0 radical (unpaired) electrons. The van der Waals surface area contributed by atoms with Crippen LogP contribution in [0.25, 0.3) is 0 Å². The van der Waals surface area contributed by atoms with Crippen LogP contribution < -0.4 is 5.32 Å². The summed E-state index contributed by atoms with van der Waals surface area (Å²) in [6.07, 6.45) is 2.25. The predicted molar refractivity (Wildman–Crippen MR) is 79.1 cm³/mol. The van der Waals surface area contributed by atoms with Crippen molar-refractivity contribution < 1.29 is 4.79 Å². The molecule has 0 heterocycles. The quantitative estimate of drug-likeness (QED) is 0.629. The number of aryl methyl sites for hydroxylation is 2. The van der Waals surface area contributed by atoms with Gasteiger partial charge in [0.2, 0.25) is 5.91 Å². The van der Waals surface area contributed by atoms with Gasteiger partial charge in [0.15, 0.2) is 0 Å². The van der Waals surface area contributed by atoms with Gasteiger partial charge in [-0.1, -0.05) is 19.6 Å². The summed E-state index contributed by atoms with van der Waals surface area (Å²) in [4.78, 5) is 12.5. The Kier molecular flexibility index (Phi) is 5.99. The van der Waals surface area contributed by atoms with E-state index in [0.717, 1.165) is 12.2 Å². The molecule has 18 heavy (non-hydrogen) atoms. The van der Waals surface area contributed by atoms with Crippen LogP contribution in [0.2, 0.25) is 0 Å². The van der Waals surface area contributed by atoms with Crippen LogP contribution in [0.4, 0.5) is 0 Å².